The summed E-state index contributed by atoms with van der Waals surface area (Å²) in [5.74, 6) is -2.00. The fourth-order valence-electron chi connectivity index (χ4n) is 8.32. The number of carbonyl (C=O) groups excluding carboxylic acids is 4. The summed E-state index contributed by atoms with van der Waals surface area (Å²) in [5, 5.41) is 13.8. The van der Waals surface area contributed by atoms with E-state index in [-0.39, 0.29) is 37.2 Å². The van der Waals surface area contributed by atoms with Gasteiger partial charge in [0.05, 0.1) is 18.3 Å². The fourth-order valence-corrected chi connectivity index (χ4v) is 9.69. The number of allylic oxidation sites excluding steroid dienone is 1. The molecule has 1 saturated heterocycles. The Kier molecular flexibility index (Phi) is 9.27. The third-order valence-corrected chi connectivity index (χ3v) is 13.4. The first-order valence-corrected chi connectivity index (χ1v) is 20.2. The van der Waals surface area contributed by atoms with Gasteiger partial charge in [0.2, 0.25) is 27.7 Å². The molecule has 1 aromatic carbocycles. The molecule has 16 heteroatoms. The van der Waals surface area contributed by atoms with Crippen LogP contribution in [0.2, 0.25) is 0 Å². The van der Waals surface area contributed by atoms with Gasteiger partial charge in [0, 0.05) is 25.3 Å². The molecule has 0 spiro atoms. The van der Waals surface area contributed by atoms with E-state index in [0.717, 1.165) is 55.2 Å². The van der Waals surface area contributed by atoms with Gasteiger partial charge in [0.25, 0.3) is 5.91 Å². The molecule has 1 aromatic heterocycles. The highest BCUT2D eigenvalue weighted by atomic mass is 32.2. The summed E-state index contributed by atoms with van der Waals surface area (Å²) in [4.78, 5) is 59.2. The molecule has 3 N–H and O–H groups in total. The van der Waals surface area contributed by atoms with Gasteiger partial charge in [-0.3, -0.25) is 24.0 Å². The number of benzene rings is 1. The van der Waals surface area contributed by atoms with Crippen molar-refractivity contribution in [2.24, 2.45) is 11.8 Å². The summed E-state index contributed by atoms with van der Waals surface area (Å²) >= 11 is 0. The first-order valence-electron chi connectivity index (χ1n) is 18.7. The van der Waals surface area contributed by atoms with Gasteiger partial charge in [0.1, 0.15) is 23.7 Å². The van der Waals surface area contributed by atoms with E-state index in [1.54, 1.807) is 4.90 Å². The van der Waals surface area contributed by atoms with E-state index in [1.807, 2.05) is 18.2 Å². The van der Waals surface area contributed by atoms with E-state index >= 15 is 0 Å². The van der Waals surface area contributed by atoms with E-state index in [4.69, 9.17) is 9.15 Å². The summed E-state index contributed by atoms with van der Waals surface area (Å²) in [6, 6.07) is 4.15. The minimum atomic E-state index is -3.89. The molecule has 4 heterocycles. The number of carbonyl (C=O) groups is 4. The van der Waals surface area contributed by atoms with Crippen molar-refractivity contribution in [1.82, 2.24) is 30.0 Å². The Morgan fingerprint density at radius 1 is 1.08 bits per heavy atom. The van der Waals surface area contributed by atoms with Gasteiger partial charge >= 0.3 is 12.1 Å². The lowest BCUT2D eigenvalue weighted by molar-refractivity contribution is -0.141. The van der Waals surface area contributed by atoms with E-state index in [9.17, 15) is 27.6 Å². The molecule has 5 atom stereocenters. The maximum atomic E-state index is 14.7. The first kappa shape index (κ1) is 35.3. The Hall–Kier alpha value is -4.73. The van der Waals surface area contributed by atoms with Gasteiger partial charge in [-0.2, -0.15) is 0 Å². The van der Waals surface area contributed by atoms with Crippen molar-refractivity contribution in [1.29, 1.82) is 0 Å². The lowest BCUT2D eigenvalue weighted by Gasteiger charge is -2.31. The predicted molar refractivity (Wildman–Crippen MR) is 191 cm³/mol. The largest absolute Gasteiger partial charge is 0.444 e. The van der Waals surface area contributed by atoms with Crippen LogP contribution in [-0.2, 0) is 48.7 Å². The summed E-state index contributed by atoms with van der Waals surface area (Å²) in [7, 11) is -3.89. The van der Waals surface area contributed by atoms with Crippen molar-refractivity contribution in [2.75, 3.05) is 11.9 Å². The molecule has 6 aliphatic rings. The molecule has 6 bridgehead atoms. The van der Waals surface area contributed by atoms with Crippen molar-refractivity contribution in [3.8, 4) is 0 Å². The third kappa shape index (κ3) is 7.04. The summed E-state index contributed by atoms with van der Waals surface area (Å²) in [6.45, 7) is 4.45. The van der Waals surface area contributed by atoms with Crippen molar-refractivity contribution >= 4 is 45.9 Å². The molecule has 15 nitrogen and oxygen atoms in total. The first-order chi connectivity index (χ1) is 25.5. The van der Waals surface area contributed by atoms with Crippen LogP contribution in [0.15, 0.2) is 41.3 Å². The zero-order valence-electron chi connectivity index (χ0n) is 29.5. The van der Waals surface area contributed by atoms with Gasteiger partial charge in [0.15, 0.2) is 0 Å². The van der Waals surface area contributed by atoms with E-state index in [2.05, 4.69) is 44.3 Å². The zero-order valence-corrected chi connectivity index (χ0v) is 30.3. The number of hydrogen-bond donors (Lipinski definition) is 3. The minimum absolute atomic E-state index is 0.0169. The summed E-state index contributed by atoms with van der Waals surface area (Å²) in [5.41, 5.74) is 1.54. The topological polar surface area (TPSA) is 193 Å². The maximum Gasteiger partial charge on any atom is 0.410 e. The van der Waals surface area contributed by atoms with Crippen LogP contribution in [-0.4, -0.2) is 87.8 Å². The van der Waals surface area contributed by atoms with Crippen LogP contribution < -0.4 is 15.4 Å². The van der Waals surface area contributed by atoms with E-state index in [0.29, 0.717) is 38.2 Å². The Morgan fingerprint density at radius 3 is 2.64 bits per heavy atom. The number of nitrogens with one attached hydrogen (secondary N) is 3. The number of sulfonamides is 1. The second-order valence-electron chi connectivity index (χ2n) is 15.2. The van der Waals surface area contributed by atoms with Crippen LogP contribution in [0.4, 0.5) is 10.8 Å². The quantitative estimate of drug-likeness (QED) is 0.353. The van der Waals surface area contributed by atoms with Crippen LogP contribution in [0, 0.1) is 11.8 Å². The molecule has 8 rings (SSSR count). The van der Waals surface area contributed by atoms with Crippen LogP contribution in [0.5, 0.6) is 0 Å². The molecule has 3 aliphatic heterocycles. The Balaban J connectivity index is 1.09. The Morgan fingerprint density at radius 2 is 1.89 bits per heavy atom. The number of hydrogen-bond acceptors (Lipinski definition) is 11. The van der Waals surface area contributed by atoms with E-state index in [1.165, 1.54) is 11.0 Å². The van der Waals surface area contributed by atoms with Crippen LogP contribution >= 0.6 is 0 Å². The fraction of sp³-hybridized carbons (Fsp3) is 0.568. The van der Waals surface area contributed by atoms with Crippen molar-refractivity contribution in [2.45, 2.75) is 113 Å². The molecule has 53 heavy (non-hydrogen) atoms. The van der Waals surface area contributed by atoms with Gasteiger partial charge in [-0.25, -0.2) is 13.2 Å². The molecule has 3 saturated carbocycles. The normalized spacial score (nSPS) is 29.6. The van der Waals surface area contributed by atoms with E-state index < -0.39 is 62.8 Å². The van der Waals surface area contributed by atoms with Gasteiger partial charge in [-0.15, -0.1) is 11.7 Å². The lowest BCUT2D eigenvalue weighted by atomic mass is 9.96. The van der Waals surface area contributed by atoms with Crippen LogP contribution in [0.25, 0.3) is 6.08 Å². The van der Waals surface area contributed by atoms with Crippen molar-refractivity contribution in [3.05, 3.63) is 59.5 Å². The second kappa shape index (κ2) is 13.9. The molecule has 282 valence electrons. The number of anilines is 1. The Bertz CT molecular complexity index is 1950. The van der Waals surface area contributed by atoms with Crippen molar-refractivity contribution < 1.29 is 36.7 Å². The summed E-state index contributed by atoms with van der Waals surface area (Å²) < 4.78 is 39.6. The second-order valence-corrected chi connectivity index (χ2v) is 17.2. The average molecular weight is 748 g/mol. The SMILES string of the molecule is C=CC1C[C@]1(NC(=O)[C@@H]1C[C@@H]2CN1C(=O)[C@H](C1CCCC1)Nc1nnc(o1)CCC/C=C\c1cccc3c1CN(C3)C(=O)O2)C(=O)NS(=O)(=O)C1CC1. The highest BCUT2D eigenvalue weighted by molar-refractivity contribution is 7.91. The lowest BCUT2D eigenvalue weighted by Crippen LogP contribution is -2.58. The maximum absolute atomic E-state index is 14.7. The number of rotatable bonds is 7. The Labute approximate surface area is 308 Å². The zero-order chi connectivity index (χ0) is 36.9. The van der Waals surface area contributed by atoms with Gasteiger partial charge in [-0.05, 0) is 67.6 Å². The average Bonchev–Trinajstić information content (AvgIpc) is 3.77. The monoisotopic (exact) mass is 747 g/mol. The molecular formula is C37H45N7O8S. The smallest absolute Gasteiger partial charge is 0.410 e. The van der Waals surface area contributed by atoms with Gasteiger partial charge in [-0.1, -0.05) is 54.4 Å². The molecule has 4 fully saturated rings. The molecular weight excluding hydrogens is 703 g/mol. The number of nitrogens with zero attached hydrogens (tertiary/aromatic N) is 4. The molecule has 4 amide bonds. The number of aromatic nitrogens is 2. The highest BCUT2D eigenvalue weighted by Crippen LogP contribution is 2.45. The number of ether oxygens (including phenoxy) is 1. The minimum Gasteiger partial charge on any atom is -0.444 e. The standard InChI is InChI=1S/C37H45N7O8S/c1-2-25-18-37(25,34(47)42-53(49,50)27-15-16-27)39-32(45)29-17-26-20-44(29)33(46)31(23-10-6-7-11-23)38-35-41-40-30(52-35)14-5-3-4-9-22-12-8-13-24-19-43(21-28(22)24)36(48)51-26/h2,4,8-9,12-13,23,25-27,29,31H,1,3,5-7,10-11,14-21H2,(H,38,41)(H,39,45)(H,42,47)/b9-4-/t25?,26-,29+,31+,37-/m1/s1. The summed E-state index contributed by atoms with van der Waals surface area (Å²) in [6.07, 6.45) is 10.9. The van der Waals surface area contributed by atoms with Crippen molar-refractivity contribution in [3.63, 3.8) is 0 Å². The predicted octanol–water partition coefficient (Wildman–Crippen LogP) is 3.18. The number of aryl methyl sites for hydroxylation is 1. The molecule has 1 unspecified atom stereocenters. The molecule has 3 aliphatic carbocycles. The highest BCUT2D eigenvalue weighted by Gasteiger charge is 2.62. The van der Waals surface area contributed by atoms with Gasteiger partial charge < -0.3 is 24.7 Å². The third-order valence-electron chi connectivity index (χ3n) is 11.6. The number of amides is 4. The van der Waals surface area contributed by atoms with Crippen LogP contribution in [0.3, 0.4) is 0 Å². The molecule has 2 aromatic rings. The van der Waals surface area contributed by atoms with Crippen LogP contribution in [0.1, 0.15) is 86.8 Å². The number of fused-ring (bicyclic) bond motifs is 5. The molecule has 0 radical (unpaired) electrons.